The predicted octanol–water partition coefficient (Wildman–Crippen LogP) is 1.37. The number of methoxy groups -OCH3 is 1. The first-order chi connectivity index (χ1) is 11.7. The average Bonchev–Trinajstić information content (AvgIpc) is 2.61. The lowest BCUT2D eigenvalue weighted by atomic mass is 9.96. The van der Waals surface area contributed by atoms with Gasteiger partial charge in [-0.05, 0) is 30.9 Å². The van der Waals surface area contributed by atoms with Gasteiger partial charge in [0.25, 0.3) is 0 Å². The molecule has 0 spiro atoms. The number of nitrogens with one attached hydrogen (secondary N) is 1. The maximum absolute atomic E-state index is 12.1. The van der Waals surface area contributed by atoms with Gasteiger partial charge in [0.2, 0.25) is 11.8 Å². The number of para-hydroxylation sites is 1. The number of nitrogens with zero attached hydrogens (tertiary/aromatic N) is 1. The summed E-state index contributed by atoms with van der Waals surface area (Å²) in [5, 5.41) is 2.94. The van der Waals surface area contributed by atoms with E-state index in [4.69, 9.17) is 9.47 Å². The molecule has 1 N–H and O–H groups in total. The van der Waals surface area contributed by atoms with E-state index in [-0.39, 0.29) is 24.3 Å². The van der Waals surface area contributed by atoms with Crippen LogP contribution >= 0.6 is 0 Å². The van der Waals surface area contributed by atoms with Crippen LogP contribution in [0.25, 0.3) is 0 Å². The van der Waals surface area contributed by atoms with Gasteiger partial charge in [0.05, 0.1) is 20.3 Å². The first kappa shape index (κ1) is 16.6. The normalized spacial score (nSPS) is 20.1. The molecule has 0 aliphatic carbocycles. The molecular formula is C18H24N2O4. The summed E-state index contributed by atoms with van der Waals surface area (Å²) in [5.41, 5.74) is 1.10. The number of likely N-dealkylation sites (tertiary alicyclic amines) is 1. The lowest BCUT2D eigenvalue weighted by Gasteiger charge is -2.28. The van der Waals surface area contributed by atoms with Gasteiger partial charge in [0.1, 0.15) is 0 Å². The Bertz CT molecular complexity index is 617. The monoisotopic (exact) mass is 332 g/mol. The highest BCUT2D eigenvalue weighted by molar-refractivity contribution is 5.85. The molecule has 0 bridgehead atoms. The molecule has 24 heavy (non-hydrogen) atoms. The molecule has 2 aliphatic rings. The number of rotatable bonds is 5. The molecule has 3 rings (SSSR count). The molecule has 1 saturated heterocycles. The van der Waals surface area contributed by atoms with Gasteiger partial charge in [-0.2, -0.15) is 0 Å². The molecule has 1 aromatic rings. The van der Waals surface area contributed by atoms with E-state index >= 15 is 0 Å². The van der Waals surface area contributed by atoms with Gasteiger partial charge >= 0.3 is 0 Å². The van der Waals surface area contributed by atoms with Crippen LogP contribution in [0.15, 0.2) is 18.2 Å². The molecule has 6 nitrogen and oxygen atoms in total. The summed E-state index contributed by atoms with van der Waals surface area (Å²) in [7, 11) is 1.63. The number of ether oxygens (including phenoxy) is 2. The van der Waals surface area contributed by atoms with Gasteiger partial charge in [0.15, 0.2) is 11.5 Å². The highest BCUT2D eigenvalue weighted by atomic mass is 16.5. The van der Waals surface area contributed by atoms with Crippen LogP contribution in [0.1, 0.15) is 24.8 Å². The molecule has 1 fully saturated rings. The molecule has 0 radical (unpaired) electrons. The fourth-order valence-corrected chi connectivity index (χ4v) is 3.27. The minimum Gasteiger partial charge on any atom is -0.493 e. The first-order valence-corrected chi connectivity index (χ1v) is 8.50. The van der Waals surface area contributed by atoms with Crippen LogP contribution in [0.5, 0.6) is 11.5 Å². The van der Waals surface area contributed by atoms with E-state index in [9.17, 15) is 9.59 Å². The van der Waals surface area contributed by atoms with Crippen LogP contribution in [0.3, 0.4) is 0 Å². The standard InChI is InChI=1S/C18H24N2O4/c1-23-15-6-4-5-14-9-13(12-24-18(14)15)10-19-16(21)11-20-8-3-2-7-17(20)22/h4-6,13H,2-3,7-12H2,1H3,(H,19,21). The maximum atomic E-state index is 12.1. The SMILES string of the molecule is COc1cccc2c1OCC(CNC(=O)CN1CCCCC1=O)C2. The number of hydrogen-bond donors (Lipinski definition) is 1. The number of amides is 2. The molecule has 2 heterocycles. The van der Waals surface area contributed by atoms with Gasteiger partial charge in [-0.3, -0.25) is 9.59 Å². The summed E-state index contributed by atoms with van der Waals surface area (Å²) in [4.78, 5) is 25.5. The number of piperidine rings is 1. The molecule has 0 aromatic heterocycles. The van der Waals surface area contributed by atoms with E-state index in [1.54, 1.807) is 12.0 Å². The summed E-state index contributed by atoms with van der Waals surface area (Å²) in [6.07, 6.45) is 3.31. The van der Waals surface area contributed by atoms with Gasteiger partial charge in [-0.15, -0.1) is 0 Å². The molecule has 0 saturated carbocycles. The molecule has 2 aliphatic heterocycles. The van der Waals surface area contributed by atoms with Crippen molar-refractivity contribution in [1.29, 1.82) is 0 Å². The highest BCUT2D eigenvalue weighted by Crippen LogP contribution is 2.35. The second-order valence-electron chi connectivity index (χ2n) is 6.41. The van der Waals surface area contributed by atoms with Gasteiger partial charge in [-0.1, -0.05) is 12.1 Å². The summed E-state index contributed by atoms with van der Waals surface area (Å²) in [5.74, 6) is 1.77. The van der Waals surface area contributed by atoms with Crippen molar-refractivity contribution >= 4 is 11.8 Å². The Hall–Kier alpha value is -2.24. The Kier molecular flexibility index (Phi) is 5.23. The second kappa shape index (κ2) is 7.55. The van der Waals surface area contributed by atoms with Crippen LogP contribution < -0.4 is 14.8 Å². The van der Waals surface area contributed by atoms with E-state index in [0.29, 0.717) is 26.1 Å². The average molecular weight is 332 g/mol. The van der Waals surface area contributed by atoms with Crippen LogP contribution in [0.2, 0.25) is 0 Å². The number of hydrogen-bond acceptors (Lipinski definition) is 4. The fraction of sp³-hybridized carbons (Fsp3) is 0.556. The maximum Gasteiger partial charge on any atom is 0.239 e. The van der Waals surface area contributed by atoms with Gasteiger partial charge in [0, 0.05) is 25.4 Å². The van der Waals surface area contributed by atoms with Crippen molar-refractivity contribution < 1.29 is 19.1 Å². The molecule has 1 unspecified atom stereocenters. The highest BCUT2D eigenvalue weighted by Gasteiger charge is 2.24. The smallest absolute Gasteiger partial charge is 0.239 e. The van der Waals surface area contributed by atoms with Crippen molar-refractivity contribution in [2.75, 3.05) is 33.4 Å². The molecule has 1 aromatic carbocycles. The van der Waals surface area contributed by atoms with Gasteiger partial charge in [-0.25, -0.2) is 0 Å². The summed E-state index contributed by atoms with van der Waals surface area (Å²) >= 11 is 0. The predicted molar refractivity (Wildman–Crippen MR) is 89.1 cm³/mol. The molecule has 2 amide bonds. The summed E-state index contributed by atoms with van der Waals surface area (Å²) < 4.78 is 11.1. The van der Waals surface area contributed by atoms with Crippen molar-refractivity contribution in [2.24, 2.45) is 5.92 Å². The van der Waals surface area contributed by atoms with Crippen molar-refractivity contribution in [1.82, 2.24) is 10.2 Å². The molecule has 1 atom stereocenters. The minimum absolute atomic E-state index is 0.0819. The Morgan fingerprint density at radius 2 is 2.29 bits per heavy atom. The fourth-order valence-electron chi connectivity index (χ4n) is 3.27. The van der Waals surface area contributed by atoms with Crippen LogP contribution in [-0.4, -0.2) is 50.1 Å². The number of benzene rings is 1. The largest absolute Gasteiger partial charge is 0.493 e. The van der Waals surface area contributed by atoms with Crippen LogP contribution in [0.4, 0.5) is 0 Å². The van der Waals surface area contributed by atoms with Crippen LogP contribution in [-0.2, 0) is 16.0 Å². The van der Waals surface area contributed by atoms with E-state index in [2.05, 4.69) is 5.32 Å². The number of carbonyl (C=O) groups excluding carboxylic acids is 2. The van der Waals surface area contributed by atoms with E-state index in [1.807, 2.05) is 18.2 Å². The van der Waals surface area contributed by atoms with E-state index < -0.39 is 0 Å². The molecular weight excluding hydrogens is 308 g/mol. The quantitative estimate of drug-likeness (QED) is 0.884. The lowest BCUT2D eigenvalue weighted by molar-refractivity contribution is -0.137. The van der Waals surface area contributed by atoms with Crippen molar-refractivity contribution in [3.05, 3.63) is 23.8 Å². The number of carbonyl (C=O) groups is 2. The summed E-state index contributed by atoms with van der Waals surface area (Å²) in [6.45, 7) is 1.95. The Morgan fingerprint density at radius 3 is 3.08 bits per heavy atom. The van der Waals surface area contributed by atoms with Crippen molar-refractivity contribution in [2.45, 2.75) is 25.7 Å². The summed E-state index contributed by atoms with van der Waals surface area (Å²) in [6, 6.07) is 5.86. The van der Waals surface area contributed by atoms with Crippen molar-refractivity contribution in [3.63, 3.8) is 0 Å². The van der Waals surface area contributed by atoms with E-state index in [0.717, 1.165) is 36.3 Å². The third kappa shape index (κ3) is 3.80. The Labute approximate surface area is 142 Å². The van der Waals surface area contributed by atoms with Crippen molar-refractivity contribution in [3.8, 4) is 11.5 Å². The zero-order chi connectivity index (χ0) is 16.9. The van der Waals surface area contributed by atoms with E-state index in [1.165, 1.54) is 0 Å². The third-order valence-electron chi connectivity index (χ3n) is 4.60. The lowest BCUT2D eigenvalue weighted by Crippen LogP contribution is -2.44. The molecule has 6 heteroatoms. The second-order valence-corrected chi connectivity index (χ2v) is 6.41. The molecule has 130 valence electrons. The topological polar surface area (TPSA) is 67.9 Å². The zero-order valence-electron chi connectivity index (χ0n) is 14.0. The third-order valence-corrected chi connectivity index (χ3v) is 4.60. The number of fused-ring (bicyclic) bond motifs is 1. The Morgan fingerprint density at radius 1 is 1.42 bits per heavy atom. The first-order valence-electron chi connectivity index (χ1n) is 8.50. The Balaban J connectivity index is 1.49. The van der Waals surface area contributed by atoms with Gasteiger partial charge < -0.3 is 19.7 Å². The minimum atomic E-state index is -0.0957. The zero-order valence-corrected chi connectivity index (χ0v) is 14.0. The van der Waals surface area contributed by atoms with Crippen LogP contribution in [0, 0.1) is 5.92 Å².